The molecule has 0 aliphatic rings. The van der Waals surface area contributed by atoms with Crippen molar-refractivity contribution >= 4 is 28.3 Å². The Kier molecular flexibility index (Phi) is 7.27. The van der Waals surface area contributed by atoms with Crippen LogP contribution in [0, 0.1) is 27.5 Å². The molecule has 0 radical (unpaired) electrons. The van der Waals surface area contributed by atoms with Gasteiger partial charge >= 0.3 is 0 Å². The van der Waals surface area contributed by atoms with E-state index in [0.29, 0.717) is 39.0 Å². The minimum atomic E-state index is -0.894. The first-order valence-corrected chi connectivity index (χ1v) is 9.54. The normalized spacial score (nSPS) is 12.2. The molecule has 0 saturated heterocycles. The number of aliphatic hydroxyl groups is 1. The Hall–Kier alpha value is -2.05. The second kappa shape index (κ2) is 9.24. The number of aliphatic hydroxyl groups excluding tert-OH is 1. The fourth-order valence-corrected chi connectivity index (χ4v) is 3.43. The van der Waals surface area contributed by atoms with Crippen LogP contribution in [0.25, 0.3) is 11.1 Å². The molecule has 0 aromatic heterocycles. The molecule has 142 valence electrons. The van der Waals surface area contributed by atoms with Gasteiger partial charge in [0.05, 0.1) is 11.7 Å². The molecule has 1 unspecified atom stereocenters. The first-order chi connectivity index (χ1) is 12.8. The van der Waals surface area contributed by atoms with Crippen LogP contribution in [0.5, 0.6) is 0 Å². The average molecular weight is 483 g/mol. The number of halogens is 3. The molecule has 0 heterocycles. The van der Waals surface area contributed by atoms with Crippen LogP contribution in [-0.2, 0) is 0 Å². The van der Waals surface area contributed by atoms with Crippen LogP contribution in [-0.4, -0.2) is 23.2 Å². The van der Waals surface area contributed by atoms with Crippen LogP contribution >= 0.6 is 22.6 Å². The number of rotatable bonds is 6. The van der Waals surface area contributed by atoms with E-state index in [9.17, 15) is 13.9 Å². The van der Waals surface area contributed by atoms with Gasteiger partial charge in [-0.05, 0) is 72.7 Å². The molecular formula is C20H20F2IN3O. The molecule has 2 aromatic carbocycles. The fraction of sp³-hybridized carbons (Fsp3) is 0.300. The molecule has 2 rings (SSSR count). The fourth-order valence-electron chi connectivity index (χ4n) is 2.68. The molecule has 0 bridgehead atoms. The zero-order valence-corrected chi connectivity index (χ0v) is 17.5. The molecule has 0 spiro atoms. The predicted molar refractivity (Wildman–Crippen MR) is 111 cm³/mol. The monoisotopic (exact) mass is 483 g/mol. The largest absolute Gasteiger partial charge is 0.389 e. The van der Waals surface area contributed by atoms with Crippen molar-refractivity contribution in [3.63, 3.8) is 0 Å². The number of hydrogen-bond acceptors (Lipinski definition) is 3. The molecule has 7 heteroatoms. The topological polar surface area (TPSA) is 48.2 Å². The SMILES string of the molecule is C#Cc1c(I)cc(C(C)O)c(-c2cc(F)cc(F)c2)c1N=NN(CC)CC. The van der Waals surface area contributed by atoms with Crippen LogP contribution < -0.4 is 0 Å². The maximum Gasteiger partial charge on any atom is 0.126 e. The van der Waals surface area contributed by atoms with Gasteiger partial charge in [-0.15, -0.1) is 11.5 Å². The van der Waals surface area contributed by atoms with Gasteiger partial charge in [0, 0.05) is 28.3 Å². The predicted octanol–water partition coefficient (Wildman–Crippen LogP) is 5.61. The third kappa shape index (κ3) is 4.82. The summed E-state index contributed by atoms with van der Waals surface area (Å²) in [7, 11) is 0. The van der Waals surface area contributed by atoms with Gasteiger partial charge < -0.3 is 5.11 Å². The van der Waals surface area contributed by atoms with E-state index in [1.54, 1.807) is 18.0 Å². The highest BCUT2D eigenvalue weighted by molar-refractivity contribution is 14.1. The third-order valence-corrected chi connectivity index (χ3v) is 4.88. The summed E-state index contributed by atoms with van der Waals surface area (Å²) in [6, 6.07) is 4.87. The van der Waals surface area contributed by atoms with E-state index in [0.717, 1.165) is 6.07 Å². The van der Waals surface area contributed by atoms with Crippen LogP contribution in [0.2, 0.25) is 0 Å². The van der Waals surface area contributed by atoms with Crippen molar-refractivity contribution in [2.24, 2.45) is 10.3 Å². The number of terminal acetylenes is 1. The lowest BCUT2D eigenvalue weighted by molar-refractivity contribution is 0.200. The Balaban J connectivity index is 2.87. The summed E-state index contributed by atoms with van der Waals surface area (Å²) < 4.78 is 28.4. The molecule has 1 atom stereocenters. The van der Waals surface area contributed by atoms with E-state index < -0.39 is 17.7 Å². The van der Waals surface area contributed by atoms with E-state index in [-0.39, 0.29) is 5.56 Å². The number of benzene rings is 2. The van der Waals surface area contributed by atoms with E-state index in [1.807, 2.05) is 13.8 Å². The molecule has 0 amide bonds. The molecule has 0 fully saturated rings. The molecular weight excluding hydrogens is 463 g/mol. The van der Waals surface area contributed by atoms with Crippen LogP contribution in [0.1, 0.15) is 38.0 Å². The number of hydrogen-bond donors (Lipinski definition) is 1. The Bertz CT molecular complexity index is 883. The first kappa shape index (κ1) is 21.3. The zero-order valence-electron chi connectivity index (χ0n) is 15.3. The molecule has 4 nitrogen and oxygen atoms in total. The average Bonchev–Trinajstić information content (AvgIpc) is 2.61. The van der Waals surface area contributed by atoms with Gasteiger partial charge in [-0.2, -0.15) is 0 Å². The van der Waals surface area contributed by atoms with E-state index >= 15 is 0 Å². The molecule has 0 aliphatic heterocycles. The third-order valence-electron chi connectivity index (χ3n) is 4.03. The smallest absolute Gasteiger partial charge is 0.126 e. The second-order valence-electron chi connectivity index (χ2n) is 5.85. The Labute approximate surface area is 171 Å². The lowest BCUT2D eigenvalue weighted by Crippen LogP contribution is -2.14. The Morgan fingerprint density at radius 1 is 1.19 bits per heavy atom. The maximum absolute atomic E-state index is 13.9. The highest BCUT2D eigenvalue weighted by Crippen LogP contribution is 2.42. The van der Waals surface area contributed by atoms with Gasteiger partial charge in [-0.1, -0.05) is 11.1 Å². The lowest BCUT2D eigenvalue weighted by Gasteiger charge is -2.19. The van der Waals surface area contributed by atoms with Crippen LogP contribution in [0.15, 0.2) is 34.6 Å². The minimum Gasteiger partial charge on any atom is -0.389 e. The summed E-state index contributed by atoms with van der Waals surface area (Å²) in [5.74, 6) is 1.12. The quantitative estimate of drug-likeness (QED) is 0.251. The zero-order chi connectivity index (χ0) is 20.1. The van der Waals surface area contributed by atoms with Crippen molar-refractivity contribution in [2.75, 3.05) is 13.1 Å². The summed E-state index contributed by atoms with van der Waals surface area (Å²) in [4.78, 5) is 0. The van der Waals surface area contributed by atoms with Crippen molar-refractivity contribution in [1.29, 1.82) is 0 Å². The van der Waals surface area contributed by atoms with Gasteiger partial charge in [-0.3, -0.25) is 5.01 Å². The molecule has 0 aliphatic carbocycles. The highest BCUT2D eigenvalue weighted by atomic mass is 127. The minimum absolute atomic E-state index is 0.241. The van der Waals surface area contributed by atoms with Crippen molar-refractivity contribution < 1.29 is 13.9 Å². The number of nitrogens with zero attached hydrogens (tertiary/aromatic N) is 3. The molecule has 0 saturated carbocycles. The highest BCUT2D eigenvalue weighted by Gasteiger charge is 2.21. The Morgan fingerprint density at radius 3 is 2.26 bits per heavy atom. The van der Waals surface area contributed by atoms with Crippen LogP contribution in [0.4, 0.5) is 14.5 Å². The first-order valence-electron chi connectivity index (χ1n) is 8.46. The summed E-state index contributed by atoms with van der Waals surface area (Å²) in [5.41, 5.74) is 1.84. The molecule has 1 N–H and O–H groups in total. The summed E-state index contributed by atoms with van der Waals surface area (Å²) in [6.45, 7) is 6.73. The van der Waals surface area contributed by atoms with Gasteiger partial charge in [-0.25, -0.2) is 8.78 Å². The summed E-state index contributed by atoms with van der Waals surface area (Å²) in [5, 5.41) is 20.5. The molecule has 2 aromatic rings. The molecule has 27 heavy (non-hydrogen) atoms. The van der Waals surface area contributed by atoms with Gasteiger partial charge in [0.15, 0.2) is 0 Å². The standard InChI is InChI=1S/C20H20F2IN3O/c1-5-16-18(23)11-17(12(4)27)19(13-8-14(21)10-15(22)9-13)20(16)24-25-26(6-2)7-3/h1,8-12,27H,6-7H2,2-4H3. The van der Waals surface area contributed by atoms with Crippen molar-refractivity contribution in [1.82, 2.24) is 5.01 Å². The van der Waals surface area contributed by atoms with Crippen molar-refractivity contribution in [3.8, 4) is 23.5 Å². The van der Waals surface area contributed by atoms with Gasteiger partial charge in [0.1, 0.15) is 17.3 Å². The van der Waals surface area contributed by atoms with Gasteiger partial charge in [0.25, 0.3) is 0 Å². The van der Waals surface area contributed by atoms with Gasteiger partial charge in [0.2, 0.25) is 0 Å². The lowest BCUT2D eigenvalue weighted by atomic mass is 9.92. The van der Waals surface area contributed by atoms with E-state index in [1.165, 1.54) is 12.1 Å². The van der Waals surface area contributed by atoms with Crippen molar-refractivity contribution in [2.45, 2.75) is 26.9 Å². The van der Waals surface area contributed by atoms with Crippen molar-refractivity contribution in [3.05, 3.63) is 50.6 Å². The second-order valence-corrected chi connectivity index (χ2v) is 7.02. The summed E-state index contributed by atoms with van der Waals surface area (Å²) >= 11 is 2.05. The van der Waals surface area contributed by atoms with Crippen LogP contribution in [0.3, 0.4) is 0 Å². The Morgan fingerprint density at radius 2 is 1.78 bits per heavy atom. The van der Waals surface area contributed by atoms with E-state index in [4.69, 9.17) is 6.42 Å². The maximum atomic E-state index is 13.9. The van der Waals surface area contributed by atoms with E-state index in [2.05, 4.69) is 38.8 Å². The summed E-state index contributed by atoms with van der Waals surface area (Å²) in [6.07, 6.45) is 4.78.